The average Bonchev–Trinajstić information content (AvgIpc) is 2.41. The first-order chi connectivity index (χ1) is 10.4. The van der Waals surface area contributed by atoms with Crippen molar-refractivity contribution in [2.75, 3.05) is 0 Å². The Bertz CT molecular complexity index is 627. The fourth-order valence-corrected chi connectivity index (χ4v) is 1.66. The van der Waals surface area contributed by atoms with Gasteiger partial charge in [-0.2, -0.15) is 8.42 Å². The zero-order valence-electron chi connectivity index (χ0n) is 13.8. The Labute approximate surface area is 151 Å². The molecule has 8 nitrogen and oxygen atoms in total. The third-order valence-electron chi connectivity index (χ3n) is 2.89. The van der Waals surface area contributed by atoms with Crippen molar-refractivity contribution < 1.29 is 43.5 Å². The number of allylic oxidation sites excluding steroid dienone is 6. The molecule has 24 heavy (non-hydrogen) atoms. The fraction of sp³-hybridized carbons (Fsp3) is 0.429. The van der Waals surface area contributed by atoms with Gasteiger partial charge >= 0.3 is 10.4 Å². The molecule has 0 amide bonds. The Morgan fingerprint density at radius 2 is 1.12 bits per heavy atom. The summed E-state index contributed by atoms with van der Waals surface area (Å²) in [6.07, 6.45) is 11.2. The molecule has 0 aromatic rings. The summed E-state index contributed by atoms with van der Waals surface area (Å²) in [4.78, 5) is 21.8. The third kappa shape index (κ3) is 11.1. The largest absolute Gasteiger partial charge is 0.394 e. The molecule has 2 aliphatic rings. The maximum Gasteiger partial charge on any atom is 0.394 e. The van der Waals surface area contributed by atoms with Crippen molar-refractivity contribution in [1.82, 2.24) is 0 Å². The van der Waals surface area contributed by atoms with E-state index in [0.29, 0.717) is 0 Å². The van der Waals surface area contributed by atoms with Crippen LogP contribution in [0.3, 0.4) is 0 Å². The van der Waals surface area contributed by atoms with Crippen molar-refractivity contribution in [1.29, 1.82) is 0 Å². The van der Waals surface area contributed by atoms with E-state index in [1.54, 1.807) is 0 Å². The van der Waals surface area contributed by atoms with Gasteiger partial charge in [0.1, 0.15) is 0 Å². The van der Waals surface area contributed by atoms with Gasteiger partial charge in [-0.25, -0.2) is 0 Å². The summed E-state index contributed by atoms with van der Waals surface area (Å²) in [5.74, 6) is 0. The van der Waals surface area contributed by atoms with Crippen molar-refractivity contribution >= 4 is 10.4 Å². The van der Waals surface area contributed by atoms with Gasteiger partial charge in [-0.15, -0.1) is 0 Å². The summed E-state index contributed by atoms with van der Waals surface area (Å²) < 4.78 is 33.6. The summed E-state index contributed by atoms with van der Waals surface area (Å²) in [5.41, 5.74) is 1.56. The second kappa shape index (κ2) is 11.1. The quantitative estimate of drug-likeness (QED) is 0.364. The van der Waals surface area contributed by atoms with E-state index in [4.69, 9.17) is 17.5 Å². The van der Waals surface area contributed by atoms with Crippen LogP contribution >= 0.6 is 0 Å². The summed E-state index contributed by atoms with van der Waals surface area (Å²) in [7, 11) is -4.67. The number of nitrogens with zero attached hydrogens (tertiary/aromatic N) is 2. The number of nitroso groups, excluding NO2 is 2. The molecule has 2 atom stereocenters. The standard InChI is InChI=1S/2C7H10NO.Ni.H2O4S/c2*1-6-4-3-5-7(2)8(6)9;;1-5(2,3)4/h2*3-6H,1-2H3;;(H2,1,2,3,4)/q2*+1;;. The van der Waals surface area contributed by atoms with E-state index in [1.807, 2.05) is 64.2 Å². The van der Waals surface area contributed by atoms with Gasteiger partial charge in [0.25, 0.3) is 0 Å². The van der Waals surface area contributed by atoms with E-state index in [0.717, 1.165) is 20.9 Å². The molecule has 0 spiro atoms. The Kier molecular flexibility index (Phi) is 11.5. The van der Waals surface area contributed by atoms with Crippen LogP contribution in [0.5, 0.6) is 0 Å². The van der Waals surface area contributed by atoms with Crippen LogP contribution in [0, 0.1) is 9.81 Å². The summed E-state index contributed by atoms with van der Waals surface area (Å²) in [6.45, 7) is 7.38. The van der Waals surface area contributed by atoms with Crippen LogP contribution in [0.15, 0.2) is 47.9 Å². The van der Waals surface area contributed by atoms with Crippen LogP contribution in [-0.4, -0.2) is 39.1 Å². The minimum Gasteiger partial charge on any atom is -0.264 e. The molecule has 0 radical (unpaired) electrons. The Hall–Kier alpha value is -1.48. The van der Waals surface area contributed by atoms with Gasteiger partial charge < -0.3 is 0 Å². The van der Waals surface area contributed by atoms with Gasteiger partial charge in [0.15, 0.2) is 0 Å². The van der Waals surface area contributed by atoms with Gasteiger partial charge in [-0.3, -0.25) is 9.11 Å². The molecule has 0 fully saturated rings. The van der Waals surface area contributed by atoms with E-state index >= 15 is 0 Å². The second-order valence-corrected chi connectivity index (χ2v) is 5.86. The molecule has 0 aliphatic carbocycles. The molecule has 2 heterocycles. The molecular weight excluding hydrogens is 383 g/mol. The maximum absolute atomic E-state index is 10.9. The topological polar surface area (TPSA) is 115 Å². The number of hydrogen-bond acceptors (Lipinski definition) is 4. The molecule has 0 aromatic heterocycles. The monoisotopic (exact) mass is 404 g/mol. The van der Waals surface area contributed by atoms with Gasteiger partial charge in [-0.05, 0) is 12.2 Å². The van der Waals surface area contributed by atoms with Crippen LogP contribution in [0.4, 0.5) is 0 Å². The van der Waals surface area contributed by atoms with E-state index < -0.39 is 10.4 Å². The smallest absolute Gasteiger partial charge is 0.264 e. The SMILES string of the molecule is CC1=CC=CC(C)[N+]1=O.CC1=CC=CC(C)[N+]1=O.O=S(=O)(O)O.[Ni]. The van der Waals surface area contributed by atoms with Crippen LogP contribution in [-0.2, 0) is 26.9 Å². The molecule has 138 valence electrons. The Morgan fingerprint density at radius 3 is 1.29 bits per heavy atom. The van der Waals surface area contributed by atoms with Gasteiger partial charge in [0.2, 0.25) is 23.5 Å². The first-order valence-corrected chi connectivity index (χ1v) is 8.16. The van der Waals surface area contributed by atoms with Crippen molar-refractivity contribution in [2.24, 2.45) is 0 Å². The molecule has 2 N–H and O–H groups in total. The zero-order chi connectivity index (χ0) is 18.2. The Balaban J connectivity index is 0. The van der Waals surface area contributed by atoms with Crippen LogP contribution in [0.25, 0.3) is 0 Å². The molecule has 0 saturated heterocycles. The minimum absolute atomic E-state index is 0. The van der Waals surface area contributed by atoms with Crippen molar-refractivity contribution in [3.05, 3.63) is 57.7 Å². The second-order valence-electron chi connectivity index (χ2n) is 4.97. The van der Waals surface area contributed by atoms with E-state index in [-0.39, 0.29) is 28.6 Å². The summed E-state index contributed by atoms with van der Waals surface area (Å²) in [5, 5.41) is 0. The Morgan fingerprint density at radius 1 is 0.875 bits per heavy atom. The minimum atomic E-state index is -4.67. The normalized spacial score (nSPS) is 22.1. The summed E-state index contributed by atoms with van der Waals surface area (Å²) >= 11 is 0. The molecule has 0 aromatic carbocycles. The van der Waals surface area contributed by atoms with Gasteiger partial charge in [0.05, 0.1) is 0 Å². The van der Waals surface area contributed by atoms with Crippen LogP contribution in [0.1, 0.15) is 27.7 Å². The maximum atomic E-state index is 10.9. The summed E-state index contributed by atoms with van der Waals surface area (Å²) in [6, 6.07) is 0.0185. The molecular formula is C14H22N2NiO6S+2. The molecule has 2 unspecified atom stereocenters. The van der Waals surface area contributed by atoms with E-state index in [1.165, 1.54) is 0 Å². The first-order valence-electron chi connectivity index (χ1n) is 6.76. The van der Waals surface area contributed by atoms with Gasteiger partial charge in [-0.1, -0.05) is 12.2 Å². The van der Waals surface area contributed by atoms with E-state index in [9.17, 15) is 9.81 Å². The van der Waals surface area contributed by atoms with Crippen molar-refractivity contribution in [3.63, 3.8) is 0 Å². The molecule has 0 saturated carbocycles. The third-order valence-corrected chi connectivity index (χ3v) is 2.89. The van der Waals surface area contributed by atoms with Crippen LogP contribution < -0.4 is 0 Å². The van der Waals surface area contributed by atoms with Crippen LogP contribution in [0.2, 0.25) is 0 Å². The number of rotatable bonds is 0. The fourth-order valence-electron chi connectivity index (χ4n) is 1.66. The van der Waals surface area contributed by atoms with Gasteiger partial charge in [0, 0.05) is 75.7 Å². The first kappa shape index (κ1) is 24.8. The molecule has 2 aliphatic heterocycles. The van der Waals surface area contributed by atoms with E-state index in [2.05, 4.69) is 0 Å². The predicted molar refractivity (Wildman–Crippen MR) is 86.2 cm³/mol. The molecule has 2 rings (SSSR count). The average molecular weight is 405 g/mol. The zero-order valence-corrected chi connectivity index (χ0v) is 15.6. The molecule has 10 heteroatoms. The van der Waals surface area contributed by atoms with Crippen molar-refractivity contribution in [2.45, 2.75) is 39.8 Å². The molecule has 0 bridgehead atoms. The number of hydrogen-bond donors (Lipinski definition) is 2. The predicted octanol–water partition coefficient (Wildman–Crippen LogP) is 2.60. The van der Waals surface area contributed by atoms with Crippen molar-refractivity contribution in [3.8, 4) is 0 Å².